The van der Waals surface area contributed by atoms with E-state index in [1.165, 1.54) is 0 Å². The fourth-order valence-corrected chi connectivity index (χ4v) is 0.376. The molecule has 0 saturated carbocycles. The van der Waals surface area contributed by atoms with Gasteiger partial charge in [0.05, 0.1) is 6.54 Å². The lowest BCUT2D eigenvalue weighted by atomic mass is 10.7. The molecule has 0 unspecified atom stereocenters. The molecule has 0 aromatic heterocycles. The Bertz CT molecular complexity index is 171. The van der Waals surface area contributed by atoms with Crippen molar-refractivity contribution in [2.45, 2.75) is 6.92 Å². The second kappa shape index (κ2) is 4.26. The van der Waals surface area contributed by atoms with Crippen molar-refractivity contribution in [2.75, 3.05) is 6.54 Å². The van der Waals surface area contributed by atoms with E-state index in [0.29, 0.717) is 0 Å². The predicted molar refractivity (Wildman–Crippen MR) is 34.9 cm³/mol. The maximum atomic E-state index is 10.1. The van der Waals surface area contributed by atoms with Crippen molar-refractivity contribution in [1.29, 1.82) is 0 Å². The van der Waals surface area contributed by atoms with Gasteiger partial charge in [0.25, 0.3) is 5.97 Å². The molecule has 3 amide bonds. The van der Waals surface area contributed by atoms with Gasteiger partial charge in [-0.15, -0.1) is 0 Å². The van der Waals surface area contributed by atoms with Crippen LogP contribution >= 0.6 is 0 Å². The Hall–Kier alpha value is -1.59. The Balaban J connectivity index is 0.000000218. The van der Waals surface area contributed by atoms with Crippen LogP contribution in [0.15, 0.2) is 0 Å². The number of carboxylic acid groups (broad SMARTS) is 1. The zero-order valence-corrected chi connectivity index (χ0v) is 5.88. The van der Waals surface area contributed by atoms with Crippen molar-refractivity contribution >= 4 is 17.9 Å². The first-order valence-electron chi connectivity index (χ1n) is 2.79. The Morgan fingerprint density at radius 3 is 2.09 bits per heavy atom. The topological polar surface area (TPSA) is 95.5 Å². The Labute approximate surface area is 62.6 Å². The third kappa shape index (κ3) is 6.29. The Morgan fingerprint density at radius 1 is 1.55 bits per heavy atom. The molecule has 1 aliphatic heterocycles. The number of hydrogen-bond acceptors (Lipinski definition) is 3. The van der Waals surface area contributed by atoms with Gasteiger partial charge in [0.15, 0.2) is 0 Å². The number of nitrogens with one attached hydrogen (secondary N) is 2. The summed E-state index contributed by atoms with van der Waals surface area (Å²) in [5.41, 5.74) is 0. The number of carboxylic acids is 1. The first-order chi connectivity index (χ1) is 5.02. The average Bonchev–Trinajstić information content (AvgIpc) is 2.13. The molecule has 1 heterocycles. The minimum atomic E-state index is -0.833. The van der Waals surface area contributed by atoms with Gasteiger partial charge in [-0.25, -0.2) is 4.79 Å². The number of hydrogen-bond donors (Lipinski definition) is 3. The molecular weight excluding hydrogens is 152 g/mol. The van der Waals surface area contributed by atoms with E-state index < -0.39 is 12.0 Å². The van der Waals surface area contributed by atoms with Crippen LogP contribution in [0.25, 0.3) is 0 Å². The van der Waals surface area contributed by atoms with Crippen molar-refractivity contribution in [3.05, 3.63) is 0 Å². The molecule has 11 heavy (non-hydrogen) atoms. The molecule has 3 N–H and O–H groups in total. The molecule has 1 aliphatic rings. The normalized spacial score (nSPS) is 14.3. The van der Waals surface area contributed by atoms with Crippen LogP contribution in [0.4, 0.5) is 4.79 Å². The molecule has 0 aromatic rings. The number of amides is 3. The lowest BCUT2D eigenvalue weighted by Crippen LogP contribution is -2.22. The molecule has 62 valence electrons. The summed E-state index contributed by atoms with van der Waals surface area (Å²) in [7, 11) is 0. The highest BCUT2D eigenvalue weighted by Crippen LogP contribution is 1.73. The third-order valence-electron chi connectivity index (χ3n) is 0.662. The summed E-state index contributed by atoms with van der Waals surface area (Å²) < 4.78 is 0. The molecule has 1 saturated heterocycles. The molecule has 1 fully saturated rings. The summed E-state index contributed by atoms with van der Waals surface area (Å²) in [5, 5.41) is 11.7. The van der Waals surface area contributed by atoms with Crippen LogP contribution in [0.3, 0.4) is 0 Å². The smallest absolute Gasteiger partial charge is 0.321 e. The van der Waals surface area contributed by atoms with Crippen LogP contribution in [-0.4, -0.2) is 29.6 Å². The van der Waals surface area contributed by atoms with Gasteiger partial charge in [-0.05, 0) is 0 Å². The van der Waals surface area contributed by atoms with Crippen molar-refractivity contribution in [3.63, 3.8) is 0 Å². The van der Waals surface area contributed by atoms with Crippen LogP contribution in [-0.2, 0) is 9.59 Å². The molecule has 0 aromatic carbocycles. The first kappa shape index (κ1) is 9.41. The summed E-state index contributed by atoms with van der Waals surface area (Å²) in [6.07, 6.45) is 0. The number of aliphatic carboxylic acids is 1. The molecule has 0 bridgehead atoms. The van der Waals surface area contributed by atoms with Crippen LogP contribution in [0.5, 0.6) is 0 Å². The van der Waals surface area contributed by atoms with Crippen molar-refractivity contribution in [2.24, 2.45) is 0 Å². The maximum Gasteiger partial charge on any atom is 0.321 e. The third-order valence-corrected chi connectivity index (χ3v) is 0.662. The van der Waals surface area contributed by atoms with Gasteiger partial charge in [0.2, 0.25) is 5.91 Å². The van der Waals surface area contributed by atoms with Crippen LogP contribution in [0.1, 0.15) is 6.92 Å². The molecule has 1 rings (SSSR count). The molecule has 6 heteroatoms. The van der Waals surface area contributed by atoms with E-state index in [4.69, 9.17) is 9.90 Å². The van der Waals surface area contributed by atoms with Gasteiger partial charge < -0.3 is 10.4 Å². The van der Waals surface area contributed by atoms with Gasteiger partial charge in [0.1, 0.15) is 0 Å². The molecule has 0 aliphatic carbocycles. The van der Waals surface area contributed by atoms with E-state index in [1.807, 2.05) is 5.32 Å². The molecule has 6 nitrogen and oxygen atoms in total. The maximum absolute atomic E-state index is 10.1. The average molecular weight is 160 g/mol. The fourth-order valence-electron chi connectivity index (χ4n) is 0.376. The lowest BCUT2D eigenvalue weighted by Gasteiger charge is -1.78. The van der Waals surface area contributed by atoms with Crippen molar-refractivity contribution < 1.29 is 19.5 Å². The van der Waals surface area contributed by atoms with E-state index in [-0.39, 0.29) is 12.5 Å². The summed E-state index contributed by atoms with van der Waals surface area (Å²) in [4.78, 5) is 29.1. The number of imide groups is 1. The SMILES string of the molecule is CC(=O)O.O=C1CNC(=O)N1. The molecular formula is C5H8N2O4. The quantitative estimate of drug-likeness (QED) is 0.392. The second-order valence-corrected chi connectivity index (χ2v) is 1.75. The summed E-state index contributed by atoms with van der Waals surface area (Å²) in [5.74, 6) is -1.09. The summed E-state index contributed by atoms with van der Waals surface area (Å²) >= 11 is 0. The molecule has 0 atom stereocenters. The van der Waals surface area contributed by atoms with Gasteiger partial charge in [-0.3, -0.25) is 14.9 Å². The van der Waals surface area contributed by atoms with E-state index in [0.717, 1.165) is 6.92 Å². The van der Waals surface area contributed by atoms with Gasteiger partial charge in [0, 0.05) is 6.92 Å². The standard InChI is InChI=1S/C3H4N2O2.C2H4O2/c6-2-1-4-3(7)5-2;1-2(3)4/h1H2,(H2,4,5,6,7);1H3,(H,3,4). The zero-order valence-electron chi connectivity index (χ0n) is 5.88. The summed E-state index contributed by atoms with van der Waals surface area (Å²) in [6, 6.07) is -0.398. The van der Waals surface area contributed by atoms with Gasteiger partial charge in [-0.1, -0.05) is 0 Å². The highest BCUT2D eigenvalue weighted by Gasteiger charge is 2.14. The first-order valence-corrected chi connectivity index (χ1v) is 2.79. The number of carbonyl (C=O) groups excluding carboxylic acids is 2. The fraction of sp³-hybridized carbons (Fsp3) is 0.400. The lowest BCUT2D eigenvalue weighted by molar-refractivity contribution is -0.134. The minimum absolute atomic E-state index is 0.124. The van der Waals surface area contributed by atoms with Crippen molar-refractivity contribution in [1.82, 2.24) is 10.6 Å². The van der Waals surface area contributed by atoms with Gasteiger partial charge >= 0.3 is 6.03 Å². The highest BCUT2D eigenvalue weighted by atomic mass is 16.4. The van der Waals surface area contributed by atoms with Crippen LogP contribution in [0.2, 0.25) is 0 Å². The number of carbonyl (C=O) groups is 3. The molecule has 0 radical (unpaired) electrons. The molecule has 0 spiro atoms. The highest BCUT2D eigenvalue weighted by molar-refractivity contribution is 6.01. The number of urea groups is 1. The zero-order chi connectivity index (χ0) is 8.85. The summed E-state index contributed by atoms with van der Waals surface area (Å²) in [6.45, 7) is 1.21. The minimum Gasteiger partial charge on any atom is -0.481 e. The van der Waals surface area contributed by atoms with E-state index >= 15 is 0 Å². The van der Waals surface area contributed by atoms with E-state index in [2.05, 4.69) is 5.32 Å². The van der Waals surface area contributed by atoms with E-state index in [9.17, 15) is 9.59 Å². The Kier molecular flexibility index (Phi) is 3.65. The van der Waals surface area contributed by atoms with Crippen LogP contribution < -0.4 is 10.6 Å². The largest absolute Gasteiger partial charge is 0.481 e. The van der Waals surface area contributed by atoms with Crippen molar-refractivity contribution in [3.8, 4) is 0 Å². The van der Waals surface area contributed by atoms with E-state index in [1.54, 1.807) is 0 Å². The predicted octanol–water partition coefficient (Wildman–Crippen LogP) is -1.08. The number of rotatable bonds is 0. The second-order valence-electron chi connectivity index (χ2n) is 1.75. The Morgan fingerprint density at radius 2 is 2.00 bits per heavy atom. The van der Waals surface area contributed by atoms with Crippen LogP contribution in [0, 0.1) is 0 Å². The van der Waals surface area contributed by atoms with Gasteiger partial charge in [-0.2, -0.15) is 0 Å². The monoisotopic (exact) mass is 160 g/mol.